The summed E-state index contributed by atoms with van der Waals surface area (Å²) < 4.78 is 5.51. The maximum absolute atomic E-state index is 5.51. The standard InChI is InChI=1S/C21H25NO/c1-14-6-8-15(9-7-14)20-18-5-4-12-22(2)21(18)17-11-10-16(23-3)13-19(17)20/h6-11,13,18,20-21H,4-5,12H2,1-3H3/t18-,20+,21+/m0/s1. The zero-order valence-corrected chi connectivity index (χ0v) is 14.3. The highest BCUT2D eigenvalue weighted by molar-refractivity contribution is 5.50. The normalized spacial score (nSPS) is 26.7. The summed E-state index contributed by atoms with van der Waals surface area (Å²) in [5, 5.41) is 0. The fourth-order valence-corrected chi connectivity index (χ4v) is 4.67. The number of piperidine rings is 1. The van der Waals surface area contributed by atoms with E-state index in [4.69, 9.17) is 4.74 Å². The van der Waals surface area contributed by atoms with E-state index in [9.17, 15) is 0 Å². The van der Waals surface area contributed by atoms with Gasteiger partial charge in [-0.1, -0.05) is 35.9 Å². The van der Waals surface area contributed by atoms with Gasteiger partial charge in [0.15, 0.2) is 0 Å². The predicted octanol–water partition coefficient (Wildman–Crippen LogP) is 4.53. The van der Waals surface area contributed by atoms with Crippen molar-refractivity contribution in [1.29, 1.82) is 0 Å². The molecule has 0 unspecified atom stereocenters. The van der Waals surface area contributed by atoms with E-state index in [1.807, 2.05) is 0 Å². The Morgan fingerprint density at radius 1 is 1.04 bits per heavy atom. The Balaban J connectivity index is 1.86. The van der Waals surface area contributed by atoms with Crippen molar-refractivity contribution in [3.05, 3.63) is 64.7 Å². The molecule has 1 heterocycles. The van der Waals surface area contributed by atoms with Crippen molar-refractivity contribution in [3.63, 3.8) is 0 Å². The molecule has 0 aromatic heterocycles. The molecule has 2 aromatic rings. The fraction of sp³-hybridized carbons (Fsp3) is 0.429. The lowest BCUT2D eigenvalue weighted by Gasteiger charge is -2.37. The zero-order chi connectivity index (χ0) is 16.0. The molecule has 0 radical (unpaired) electrons. The van der Waals surface area contributed by atoms with Crippen LogP contribution in [0, 0.1) is 12.8 Å². The van der Waals surface area contributed by atoms with Crippen LogP contribution in [0.3, 0.4) is 0 Å². The summed E-state index contributed by atoms with van der Waals surface area (Å²) >= 11 is 0. The molecule has 23 heavy (non-hydrogen) atoms. The van der Waals surface area contributed by atoms with Crippen LogP contribution in [-0.2, 0) is 0 Å². The molecule has 0 saturated carbocycles. The maximum Gasteiger partial charge on any atom is 0.119 e. The Kier molecular flexibility index (Phi) is 3.65. The van der Waals surface area contributed by atoms with Crippen LogP contribution in [0.25, 0.3) is 0 Å². The van der Waals surface area contributed by atoms with Crippen LogP contribution < -0.4 is 4.74 Å². The van der Waals surface area contributed by atoms with E-state index in [1.54, 1.807) is 7.11 Å². The minimum Gasteiger partial charge on any atom is -0.497 e. The van der Waals surface area contributed by atoms with Gasteiger partial charge in [0, 0.05) is 12.0 Å². The largest absolute Gasteiger partial charge is 0.497 e. The van der Waals surface area contributed by atoms with Gasteiger partial charge < -0.3 is 4.74 Å². The van der Waals surface area contributed by atoms with Crippen LogP contribution in [0.5, 0.6) is 5.75 Å². The molecule has 4 rings (SSSR count). The van der Waals surface area contributed by atoms with Gasteiger partial charge in [0.2, 0.25) is 0 Å². The van der Waals surface area contributed by atoms with Crippen molar-refractivity contribution in [2.75, 3.05) is 20.7 Å². The van der Waals surface area contributed by atoms with Gasteiger partial charge in [0.05, 0.1) is 7.11 Å². The second-order valence-electron chi connectivity index (χ2n) is 7.11. The highest BCUT2D eigenvalue weighted by atomic mass is 16.5. The number of aryl methyl sites for hydroxylation is 1. The monoisotopic (exact) mass is 307 g/mol. The zero-order valence-electron chi connectivity index (χ0n) is 14.3. The molecule has 120 valence electrons. The second-order valence-corrected chi connectivity index (χ2v) is 7.11. The summed E-state index contributed by atoms with van der Waals surface area (Å²) in [7, 11) is 4.04. The molecular weight excluding hydrogens is 282 g/mol. The van der Waals surface area contributed by atoms with Gasteiger partial charge >= 0.3 is 0 Å². The molecule has 1 fully saturated rings. The topological polar surface area (TPSA) is 12.5 Å². The van der Waals surface area contributed by atoms with Gasteiger partial charge in [0.25, 0.3) is 0 Å². The number of fused-ring (bicyclic) bond motifs is 3. The van der Waals surface area contributed by atoms with Crippen LogP contribution in [-0.4, -0.2) is 25.6 Å². The third-order valence-electron chi connectivity index (χ3n) is 5.74. The van der Waals surface area contributed by atoms with Gasteiger partial charge in [-0.3, -0.25) is 4.90 Å². The van der Waals surface area contributed by atoms with Crippen molar-refractivity contribution < 1.29 is 4.74 Å². The summed E-state index contributed by atoms with van der Waals surface area (Å²) in [5.41, 5.74) is 5.75. The third-order valence-corrected chi connectivity index (χ3v) is 5.74. The van der Waals surface area contributed by atoms with Crippen molar-refractivity contribution in [1.82, 2.24) is 4.90 Å². The lowest BCUT2D eigenvalue weighted by molar-refractivity contribution is 0.127. The molecular formula is C21H25NO. The lowest BCUT2D eigenvalue weighted by atomic mass is 9.80. The van der Waals surface area contributed by atoms with Crippen LogP contribution in [0.4, 0.5) is 0 Å². The van der Waals surface area contributed by atoms with Crippen LogP contribution in [0.15, 0.2) is 42.5 Å². The second kappa shape index (κ2) is 5.68. The average molecular weight is 307 g/mol. The molecule has 1 aliphatic heterocycles. The Labute approximate surface area is 139 Å². The number of benzene rings is 2. The van der Waals surface area contributed by atoms with E-state index in [2.05, 4.69) is 61.3 Å². The van der Waals surface area contributed by atoms with E-state index in [0.29, 0.717) is 17.9 Å². The average Bonchev–Trinajstić information content (AvgIpc) is 2.90. The first-order valence-electron chi connectivity index (χ1n) is 8.63. The molecule has 3 atom stereocenters. The van der Waals surface area contributed by atoms with Crippen LogP contribution in [0.2, 0.25) is 0 Å². The molecule has 2 aliphatic rings. The molecule has 0 spiro atoms. The quantitative estimate of drug-likeness (QED) is 0.808. The smallest absolute Gasteiger partial charge is 0.119 e. The third kappa shape index (κ3) is 2.36. The number of rotatable bonds is 2. The summed E-state index contributed by atoms with van der Waals surface area (Å²) in [6, 6.07) is 16.4. The molecule has 1 saturated heterocycles. The van der Waals surface area contributed by atoms with Gasteiger partial charge in [-0.2, -0.15) is 0 Å². The first-order valence-corrected chi connectivity index (χ1v) is 8.63. The number of ether oxygens (including phenoxy) is 1. The maximum atomic E-state index is 5.51. The molecule has 0 N–H and O–H groups in total. The van der Waals surface area contributed by atoms with E-state index < -0.39 is 0 Å². The number of nitrogens with zero attached hydrogens (tertiary/aromatic N) is 1. The molecule has 1 aliphatic carbocycles. The molecule has 2 heteroatoms. The molecule has 2 aromatic carbocycles. The summed E-state index contributed by atoms with van der Waals surface area (Å²) in [5.74, 6) is 2.15. The first-order chi connectivity index (χ1) is 11.2. The highest BCUT2D eigenvalue weighted by Crippen LogP contribution is 2.54. The van der Waals surface area contributed by atoms with E-state index >= 15 is 0 Å². The number of hydrogen-bond donors (Lipinski definition) is 0. The SMILES string of the molecule is COc1ccc2c(c1)[C@H](c1ccc(C)cc1)[C@@H]1CCCN(C)[C@H]21. The number of hydrogen-bond acceptors (Lipinski definition) is 2. The fourth-order valence-electron chi connectivity index (χ4n) is 4.67. The Morgan fingerprint density at radius 2 is 1.83 bits per heavy atom. The summed E-state index contributed by atoms with van der Waals surface area (Å²) in [4.78, 5) is 2.55. The van der Waals surface area contributed by atoms with Gasteiger partial charge in [-0.15, -0.1) is 0 Å². The van der Waals surface area contributed by atoms with Crippen LogP contribution >= 0.6 is 0 Å². The van der Waals surface area contributed by atoms with Gasteiger partial charge in [-0.25, -0.2) is 0 Å². The molecule has 0 bridgehead atoms. The number of methoxy groups -OCH3 is 1. The summed E-state index contributed by atoms with van der Waals surface area (Å²) in [6.45, 7) is 3.36. The minimum absolute atomic E-state index is 0.494. The first kappa shape index (κ1) is 14.8. The van der Waals surface area contributed by atoms with Gasteiger partial charge in [-0.05, 0) is 68.1 Å². The van der Waals surface area contributed by atoms with E-state index in [1.165, 1.54) is 41.6 Å². The van der Waals surface area contributed by atoms with Crippen LogP contribution in [0.1, 0.15) is 47.1 Å². The molecule has 0 amide bonds. The predicted molar refractivity (Wildman–Crippen MR) is 94.1 cm³/mol. The minimum atomic E-state index is 0.494. The highest BCUT2D eigenvalue weighted by Gasteiger charge is 2.44. The Morgan fingerprint density at radius 3 is 2.57 bits per heavy atom. The van der Waals surface area contributed by atoms with E-state index in [0.717, 1.165) is 5.75 Å². The van der Waals surface area contributed by atoms with Crippen molar-refractivity contribution >= 4 is 0 Å². The Bertz CT molecular complexity index is 706. The van der Waals surface area contributed by atoms with Crippen molar-refractivity contribution in [2.24, 2.45) is 5.92 Å². The van der Waals surface area contributed by atoms with E-state index in [-0.39, 0.29) is 0 Å². The molecule has 2 nitrogen and oxygen atoms in total. The number of likely N-dealkylation sites (tertiary alicyclic amines) is 1. The van der Waals surface area contributed by atoms with Gasteiger partial charge in [0.1, 0.15) is 5.75 Å². The lowest BCUT2D eigenvalue weighted by Crippen LogP contribution is -2.34. The van der Waals surface area contributed by atoms with Crippen molar-refractivity contribution in [2.45, 2.75) is 31.7 Å². The summed E-state index contributed by atoms with van der Waals surface area (Å²) in [6.07, 6.45) is 2.61. The Hall–Kier alpha value is -1.80. The van der Waals surface area contributed by atoms with Crippen molar-refractivity contribution in [3.8, 4) is 5.75 Å².